The Bertz CT molecular complexity index is 393. The summed E-state index contributed by atoms with van der Waals surface area (Å²) in [6, 6.07) is 5.25. The third-order valence-electron chi connectivity index (χ3n) is 3.50. The van der Waals surface area contributed by atoms with Crippen LogP contribution in [0.15, 0.2) is 18.2 Å². The number of hydrogen-bond acceptors (Lipinski definition) is 2. The minimum Gasteiger partial charge on any atom is -0.497 e. The van der Waals surface area contributed by atoms with E-state index in [0.717, 1.165) is 31.4 Å². The lowest BCUT2D eigenvalue weighted by molar-refractivity contribution is 0.405. The van der Waals surface area contributed by atoms with Crippen molar-refractivity contribution in [2.24, 2.45) is 5.92 Å². The number of halogens is 1. The molecule has 0 aliphatic rings. The van der Waals surface area contributed by atoms with Crippen LogP contribution in [0.25, 0.3) is 0 Å². The van der Waals surface area contributed by atoms with Gasteiger partial charge in [-0.3, -0.25) is 0 Å². The van der Waals surface area contributed by atoms with Crippen LogP contribution in [0.5, 0.6) is 5.75 Å². The zero-order valence-corrected chi connectivity index (χ0v) is 13.2. The zero-order valence-electron chi connectivity index (χ0n) is 13.2. The lowest BCUT2D eigenvalue weighted by Crippen LogP contribution is -2.23. The lowest BCUT2D eigenvalue weighted by atomic mass is 9.97. The first-order valence-corrected chi connectivity index (χ1v) is 7.65. The van der Waals surface area contributed by atoms with Gasteiger partial charge in [0.15, 0.2) is 0 Å². The highest BCUT2D eigenvalue weighted by atomic mass is 19.1. The van der Waals surface area contributed by atoms with Crippen LogP contribution in [0, 0.1) is 11.7 Å². The Kier molecular flexibility index (Phi) is 7.60. The van der Waals surface area contributed by atoms with Gasteiger partial charge in [0.2, 0.25) is 0 Å². The van der Waals surface area contributed by atoms with Crippen molar-refractivity contribution < 1.29 is 9.13 Å². The minimum absolute atomic E-state index is 0.0969. The highest BCUT2D eigenvalue weighted by Gasteiger charge is 2.15. The molecular weight excluding hydrogens is 253 g/mol. The number of benzene rings is 1. The molecule has 0 spiro atoms. The predicted octanol–water partition coefficient (Wildman–Crippen LogP) is 4.70. The first-order chi connectivity index (χ1) is 9.58. The van der Waals surface area contributed by atoms with E-state index < -0.39 is 0 Å². The van der Waals surface area contributed by atoms with Crippen LogP contribution in [-0.4, -0.2) is 13.7 Å². The second-order valence-corrected chi connectivity index (χ2v) is 5.72. The standard InChI is InChI=1S/C17H28FNO/c1-5-11-19-17(8-6-7-13(2)3)15-10-9-14(20-4)12-16(15)18/h9-10,12-13,17,19H,5-8,11H2,1-4H3. The van der Waals surface area contributed by atoms with Crippen LogP contribution >= 0.6 is 0 Å². The average Bonchev–Trinajstić information content (AvgIpc) is 2.42. The number of ether oxygens (including phenoxy) is 1. The number of rotatable bonds is 9. The Morgan fingerprint density at radius 1 is 1.25 bits per heavy atom. The largest absolute Gasteiger partial charge is 0.497 e. The molecule has 0 saturated carbocycles. The quantitative estimate of drug-likeness (QED) is 0.708. The van der Waals surface area contributed by atoms with Crippen molar-refractivity contribution in [2.45, 2.75) is 52.5 Å². The van der Waals surface area contributed by atoms with Crippen LogP contribution in [0.1, 0.15) is 58.1 Å². The van der Waals surface area contributed by atoms with E-state index in [0.29, 0.717) is 11.7 Å². The van der Waals surface area contributed by atoms with Crippen molar-refractivity contribution in [3.8, 4) is 5.75 Å². The Labute approximate surface area is 122 Å². The van der Waals surface area contributed by atoms with E-state index in [4.69, 9.17) is 4.74 Å². The summed E-state index contributed by atoms with van der Waals surface area (Å²) >= 11 is 0. The fourth-order valence-corrected chi connectivity index (χ4v) is 2.33. The smallest absolute Gasteiger partial charge is 0.131 e. The fourth-order valence-electron chi connectivity index (χ4n) is 2.33. The van der Waals surface area contributed by atoms with E-state index >= 15 is 0 Å². The summed E-state index contributed by atoms with van der Waals surface area (Å²) in [6.45, 7) is 7.49. The SMILES string of the molecule is CCCNC(CCCC(C)C)c1ccc(OC)cc1F. The third kappa shape index (κ3) is 5.49. The first-order valence-electron chi connectivity index (χ1n) is 7.65. The fraction of sp³-hybridized carbons (Fsp3) is 0.647. The molecule has 0 aromatic heterocycles. The van der Waals surface area contributed by atoms with Gasteiger partial charge in [0.05, 0.1) is 7.11 Å². The molecule has 20 heavy (non-hydrogen) atoms. The van der Waals surface area contributed by atoms with Gasteiger partial charge in [-0.15, -0.1) is 0 Å². The van der Waals surface area contributed by atoms with Gasteiger partial charge in [0.1, 0.15) is 11.6 Å². The van der Waals surface area contributed by atoms with E-state index in [1.807, 2.05) is 12.1 Å². The monoisotopic (exact) mass is 281 g/mol. The molecule has 0 aliphatic carbocycles. The third-order valence-corrected chi connectivity index (χ3v) is 3.50. The first kappa shape index (κ1) is 17.0. The van der Waals surface area contributed by atoms with E-state index in [2.05, 4.69) is 26.1 Å². The summed E-state index contributed by atoms with van der Waals surface area (Å²) in [5.74, 6) is 1.09. The molecule has 2 nitrogen and oxygen atoms in total. The summed E-state index contributed by atoms with van der Waals surface area (Å²) in [5.41, 5.74) is 0.753. The van der Waals surface area contributed by atoms with E-state index in [9.17, 15) is 4.39 Å². The van der Waals surface area contributed by atoms with Crippen molar-refractivity contribution >= 4 is 0 Å². The minimum atomic E-state index is -0.178. The number of methoxy groups -OCH3 is 1. The second-order valence-electron chi connectivity index (χ2n) is 5.72. The molecule has 114 valence electrons. The molecule has 0 radical (unpaired) electrons. The lowest BCUT2D eigenvalue weighted by Gasteiger charge is -2.20. The topological polar surface area (TPSA) is 21.3 Å². The van der Waals surface area contributed by atoms with E-state index in [1.54, 1.807) is 7.11 Å². The van der Waals surface area contributed by atoms with Gasteiger partial charge in [-0.05, 0) is 31.4 Å². The summed E-state index contributed by atoms with van der Waals surface area (Å²) in [5, 5.41) is 3.46. The maximum Gasteiger partial charge on any atom is 0.131 e. The summed E-state index contributed by atoms with van der Waals surface area (Å²) in [7, 11) is 1.56. The normalized spacial score (nSPS) is 12.7. The number of hydrogen-bond donors (Lipinski definition) is 1. The van der Waals surface area contributed by atoms with Crippen molar-refractivity contribution in [3.05, 3.63) is 29.6 Å². The van der Waals surface area contributed by atoms with Crippen molar-refractivity contribution in [2.75, 3.05) is 13.7 Å². The Morgan fingerprint density at radius 3 is 2.55 bits per heavy atom. The molecule has 1 N–H and O–H groups in total. The van der Waals surface area contributed by atoms with Crippen molar-refractivity contribution in [3.63, 3.8) is 0 Å². The molecule has 1 aromatic rings. The molecule has 0 amide bonds. The van der Waals surface area contributed by atoms with Crippen LogP contribution < -0.4 is 10.1 Å². The maximum absolute atomic E-state index is 14.2. The van der Waals surface area contributed by atoms with Crippen molar-refractivity contribution in [1.82, 2.24) is 5.32 Å². The molecule has 1 unspecified atom stereocenters. The Hall–Kier alpha value is -1.09. The second kappa shape index (κ2) is 8.96. The molecule has 3 heteroatoms. The van der Waals surface area contributed by atoms with Gasteiger partial charge < -0.3 is 10.1 Å². The van der Waals surface area contributed by atoms with E-state index in [-0.39, 0.29) is 11.9 Å². The van der Waals surface area contributed by atoms with E-state index in [1.165, 1.54) is 12.5 Å². The molecule has 1 rings (SSSR count). The predicted molar refractivity (Wildman–Crippen MR) is 82.7 cm³/mol. The molecule has 1 atom stereocenters. The van der Waals surface area contributed by atoms with Crippen LogP contribution in [-0.2, 0) is 0 Å². The highest BCUT2D eigenvalue weighted by molar-refractivity contribution is 5.30. The average molecular weight is 281 g/mol. The van der Waals surface area contributed by atoms with Crippen LogP contribution in [0.4, 0.5) is 4.39 Å². The molecule has 0 bridgehead atoms. The van der Waals surface area contributed by atoms with Crippen LogP contribution in [0.2, 0.25) is 0 Å². The zero-order chi connectivity index (χ0) is 15.0. The number of nitrogens with one attached hydrogen (secondary N) is 1. The van der Waals surface area contributed by atoms with Crippen molar-refractivity contribution in [1.29, 1.82) is 0 Å². The molecular formula is C17H28FNO. The summed E-state index contributed by atoms with van der Waals surface area (Å²) < 4.78 is 19.2. The maximum atomic E-state index is 14.2. The van der Waals surface area contributed by atoms with Gasteiger partial charge in [-0.2, -0.15) is 0 Å². The van der Waals surface area contributed by atoms with Gasteiger partial charge >= 0.3 is 0 Å². The summed E-state index contributed by atoms with van der Waals surface area (Å²) in [6.07, 6.45) is 4.33. The Balaban J connectivity index is 2.75. The van der Waals surface area contributed by atoms with Gasteiger partial charge in [-0.25, -0.2) is 4.39 Å². The van der Waals surface area contributed by atoms with Gasteiger partial charge in [-0.1, -0.05) is 39.7 Å². The molecule has 1 aromatic carbocycles. The van der Waals surface area contributed by atoms with Gasteiger partial charge in [0.25, 0.3) is 0 Å². The molecule has 0 saturated heterocycles. The molecule has 0 aliphatic heterocycles. The van der Waals surface area contributed by atoms with Gasteiger partial charge in [0, 0.05) is 17.7 Å². The summed E-state index contributed by atoms with van der Waals surface area (Å²) in [4.78, 5) is 0. The highest BCUT2D eigenvalue weighted by Crippen LogP contribution is 2.26. The Morgan fingerprint density at radius 2 is 2.00 bits per heavy atom. The van der Waals surface area contributed by atoms with Crippen LogP contribution in [0.3, 0.4) is 0 Å². The molecule has 0 heterocycles. The molecule has 0 fully saturated rings.